The zero-order chi connectivity index (χ0) is 13.2. The molecule has 0 aliphatic carbocycles. The summed E-state index contributed by atoms with van der Waals surface area (Å²) < 4.78 is 21.1. The summed E-state index contributed by atoms with van der Waals surface area (Å²) in [6, 6.07) is 4.73. The molecule has 0 saturated carbocycles. The molecule has 1 saturated heterocycles. The highest BCUT2D eigenvalue weighted by Gasteiger charge is 2.19. The average molecular weight is 283 g/mol. The third-order valence-electron chi connectivity index (χ3n) is 3.52. The molecule has 1 aromatic heterocycles. The van der Waals surface area contributed by atoms with E-state index in [-0.39, 0.29) is 11.9 Å². The van der Waals surface area contributed by atoms with Crippen LogP contribution in [0.3, 0.4) is 0 Å². The Morgan fingerprint density at radius 3 is 3.11 bits per heavy atom. The van der Waals surface area contributed by atoms with Gasteiger partial charge in [-0.25, -0.2) is 9.37 Å². The van der Waals surface area contributed by atoms with Crippen LogP contribution in [0, 0.1) is 5.82 Å². The summed E-state index contributed by atoms with van der Waals surface area (Å²) in [5.41, 5.74) is 1.65. The van der Waals surface area contributed by atoms with Gasteiger partial charge < -0.3 is 9.30 Å². The number of fused-ring (bicyclic) bond motifs is 1. The topological polar surface area (TPSA) is 27.1 Å². The van der Waals surface area contributed by atoms with Gasteiger partial charge in [0.2, 0.25) is 0 Å². The van der Waals surface area contributed by atoms with Gasteiger partial charge in [0.05, 0.1) is 23.7 Å². The minimum atomic E-state index is -0.258. The van der Waals surface area contributed by atoms with Crippen molar-refractivity contribution in [3.63, 3.8) is 0 Å². The van der Waals surface area contributed by atoms with Crippen LogP contribution in [0.15, 0.2) is 18.2 Å². The SMILES string of the molecule is Fc1ccc2c(c1)nc(CCCl)n2CC1CCCO1. The number of ether oxygens (including phenoxy) is 1. The van der Waals surface area contributed by atoms with Crippen LogP contribution in [0.2, 0.25) is 0 Å². The minimum Gasteiger partial charge on any atom is -0.376 e. The van der Waals surface area contributed by atoms with Crippen molar-refractivity contribution < 1.29 is 9.13 Å². The van der Waals surface area contributed by atoms with E-state index in [4.69, 9.17) is 16.3 Å². The van der Waals surface area contributed by atoms with Crippen LogP contribution in [0.1, 0.15) is 18.7 Å². The first kappa shape index (κ1) is 12.9. The fraction of sp³-hybridized carbons (Fsp3) is 0.500. The second-order valence-corrected chi connectivity index (χ2v) is 5.22. The number of benzene rings is 1. The predicted octanol–water partition coefficient (Wildman–Crippen LogP) is 3.14. The van der Waals surface area contributed by atoms with Crippen molar-refractivity contribution in [2.45, 2.75) is 31.9 Å². The number of hydrogen-bond acceptors (Lipinski definition) is 2. The normalized spacial score (nSPS) is 19.4. The van der Waals surface area contributed by atoms with Crippen molar-refractivity contribution >= 4 is 22.6 Å². The third-order valence-corrected chi connectivity index (χ3v) is 3.71. The van der Waals surface area contributed by atoms with Gasteiger partial charge >= 0.3 is 0 Å². The first-order valence-corrected chi connectivity index (χ1v) is 7.13. The summed E-state index contributed by atoms with van der Waals surface area (Å²) in [7, 11) is 0. The maximum atomic E-state index is 13.3. The lowest BCUT2D eigenvalue weighted by Gasteiger charge is -2.13. The van der Waals surface area contributed by atoms with E-state index in [0.717, 1.165) is 37.3 Å². The lowest BCUT2D eigenvalue weighted by molar-refractivity contribution is 0.0972. The second kappa shape index (κ2) is 5.47. The summed E-state index contributed by atoms with van der Waals surface area (Å²) in [5, 5.41) is 0. The van der Waals surface area contributed by atoms with E-state index in [2.05, 4.69) is 9.55 Å². The van der Waals surface area contributed by atoms with Crippen molar-refractivity contribution in [3.05, 3.63) is 29.8 Å². The van der Waals surface area contributed by atoms with Crippen LogP contribution in [0.25, 0.3) is 11.0 Å². The molecule has 102 valence electrons. The molecule has 1 unspecified atom stereocenters. The van der Waals surface area contributed by atoms with E-state index < -0.39 is 0 Å². The number of aryl methyl sites for hydroxylation is 1. The fourth-order valence-electron chi connectivity index (χ4n) is 2.62. The Balaban J connectivity index is 2.00. The van der Waals surface area contributed by atoms with Gasteiger partial charge in [0, 0.05) is 25.0 Å². The van der Waals surface area contributed by atoms with Gasteiger partial charge in [0.15, 0.2) is 0 Å². The van der Waals surface area contributed by atoms with Gasteiger partial charge in [-0.2, -0.15) is 0 Å². The Kier molecular flexibility index (Phi) is 3.71. The Morgan fingerprint density at radius 1 is 1.47 bits per heavy atom. The summed E-state index contributed by atoms with van der Waals surface area (Å²) in [6.07, 6.45) is 3.10. The highest BCUT2D eigenvalue weighted by molar-refractivity contribution is 6.17. The molecule has 2 heterocycles. The van der Waals surface area contributed by atoms with Crippen LogP contribution in [0.4, 0.5) is 4.39 Å². The quantitative estimate of drug-likeness (QED) is 0.806. The highest BCUT2D eigenvalue weighted by atomic mass is 35.5. The van der Waals surface area contributed by atoms with Gasteiger partial charge in [0.1, 0.15) is 11.6 Å². The third kappa shape index (κ3) is 2.60. The molecule has 3 rings (SSSR count). The van der Waals surface area contributed by atoms with Gasteiger partial charge in [-0.1, -0.05) is 0 Å². The molecule has 1 aliphatic heterocycles. The largest absolute Gasteiger partial charge is 0.376 e. The lowest BCUT2D eigenvalue weighted by atomic mass is 10.2. The number of imidazole rings is 1. The Hall–Kier alpha value is -1.13. The molecule has 1 aliphatic rings. The molecule has 5 heteroatoms. The number of rotatable bonds is 4. The smallest absolute Gasteiger partial charge is 0.125 e. The molecule has 0 radical (unpaired) electrons. The molecule has 19 heavy (non-hydrogen) atoms. The number of nitrogens with zero attached hydrogens (tertiary/aromatic N) is 2. The lowest BCUT2D eigenvalue weighted by Crippen LogP contribution is -2.17. The van der Waals surface area contributed by atoms with Crippen molar-refractivity contribution in [1.29, 1.82) is 0 Å². The standard InChI is InChI=1S/C14H16ClFN2O/c15-6-5-14-17-12-8-10(16)3-4-13(12)18(14)9-11-2-1-7-19-11/h3-4,8,11H,1-2,5-7,9H2. The Bertz CT molecular complexity index is 578. The zero-order valence-corrected chi connectivity index (χ0v) is 11.4. The van der Waals surface area contributed by atoms with Crippen LogP contribution < -0.4 is 0 Å². The summed E-state index contributed by atoms with van der Waals surface area (Å²) in [5.74, 6) is 1.16. The summed E-state index contributed by atoms with van der Waals surface area (Å²) >= 11 is 5.82. The van der Waals surface area contributed by atoms with E-state index in [9.17, 15) is 4.39 Å². The van der Waals surface area contributed by atoms with E-state index in [1.54, 1.807) is 6.07 Å². The molecular weight excluding hydrogens is 267 g/mol. The molecule has 0 N–H and O–H groups in total. The maximum absolute atomic E-state index is 13.3. The number of hydrogen-bond donors (Lipinski definition) is 0. The summed E-state index contributed by atoms with van der Waals surface area (Å²) in [6.45, 7) is 1.60. The first-order valence-electron chi connectivity index (χ1n) is 6.60. The maximum Gasteiger partial charge on any atom is 0.125 e. The van der Waals surface area contributed by atoms with Gasteiger partial charge in [0.25, 0.3) is 0 Å². The molecule has 0 bridgehead atoms. The van der Waals surface area contributed by atoms with E-state index >= 15 is 0 Å². The van der Waals surface area contributed by atoms with Crippen molar-refractivity contribution in [1.82, 2.24) is 9.55 Å². The molecule has 1 aromatic carbocycles. The van der Waals surface area contributed by atoms with Crippen molar-refractivity contribution in [2.24, 2.45) is 0 Å². The number of alkyl halides is 1. The molecule has 1 atom stereocenters. The second-order valence-electron chi connectivity index (χ2n) is 4.85. The average Bonchev–Trinajstić information content (AvgIpc) is 2.99. The van der Waals surface area contributed by atoms with Gasteiger partial charge in [-0.15, -0.1) is 11.6 Å². The highest BCUT2D eigenvalue weighted by Crippen LogP contribution is 2.22. The zero-order valence-electron chi connectivity index (χ0n) is 10.6. The molecule has 0 amide bonds. The monoisotopic (exact) mass is 282 g/mol. The molecular formula is C14H16ClFN2O. The van der Waals surface area contributed by atoms with Gasteiger partial charge in [-0.05, 0) is 25.0 Å². The van der Waals surface area contributed by atoms with Crippen LogP contribution in [-0.4, -0.2) is 28.1 Å². The van der Waals surface area contributed by atoms with E-state index in [0.29, 0.717) is 17.8 Å². The van der Waals surface area contributed by atoms with Crippen LogP contribution >= 0.6 is 11.6 Å². The van der Waals surface area contributed by atoms with Crippen molar-refractivity contribution in [3.8, 4) is 0 Å². The van der Waals surface area contributed by atoms with Crippen molar-refractivity contribution in [2.75, 3.05) is 12.5 Å². The Morgan fingerprint density at radius 2 is 2.37 bits per heavy atom. The molecule has 3 nitrogen and oxygen atoms in total. The number of aromatic nitrogens is 2. The van der Waals surface area contributed by atoms with E-state index in [1.807, 2.05) is 0 Å². The van der Waals surface area contributed by atoms with Gasteiger partial charge in [-0.3, -0.25) is 0 Å². The minimum absolute atomic E-state index is 0.233. The molecule has 0 spiro atoms. The Labute approximate surface area is 116 Å². The van der Waals surface area contributed by atoms with Crippen LogP contribution in [-0.2, 0) is 17.7 Å². The predicted molar refractivity (Wildman–Crippen MR) is 73.1 cm³/mol. The first-order chi connectivity index (χ1) is 9.28. The fourth-order valence-corrected chi connectivity index (χ4v) is 2.79. The summed E-state index contributed by atoms with van der Waals surface area (Å²) in [4.78, 5) is 4.49. The molecule has 1 fully saturated rings. The van der Waals surface area contributed by atoms with Crippen LogP contribution in [0.5, 0.6) is 0 Å². The van der Waals surface area contributed by atoms with E-state index in [1.165, 1.54) is 12.1 Å². The molecule has 2 aromatic rings. The number of halogens is 2.